The van der Waals surface area contributed by atoms with Crippen molar-refractivity contribution < 1.29 is 14.3 Å². The normalized spacial score (nSPS) is 10.4. The molecule has 0 N–H and O–H groups in total. The zero-order valence-electron chi connectivity index (χ0n) is 12.2. The minimum absolute atomic E-state index is 0.0308. The monoisotopic (exact) mass is 267 g/mol. The van der Waals surface area contributed by atoms with Crippen LogP contribution in [-0.2, 0) is 16.6 Å². The van der Waals surface area contributed by atoms with Gasteiger partial charge in [0.15, 0.2) is 0 Å². The molecule has 0 atom stereocenters. The molecule has 0 fully saturated rings. The third kappa shape index (κ3) is 3.33. The van der Waals surface area contributed by atoms with Crippen molar-refractivity contribution in [2.75, 3.05) is 20.2 Å². The molecule has 0 bridgehead atoms. The fourth-order valence-electron chi connectivity index (χ4n) is 1.98. The number of amides is 1. The lowest BCUT2D eigenvalue weighted by molar-refractivity contribution is -0.141. The molecule has 1 aromatic rings. The molecule has 1 amide bonds. The zero-order chi connectivity index (χ0) is 14.6. The van der Waals surface area contributed by atoms with Gasteiger partial charge >= 0.3 is 5.97 Å². The van der Waals surface area contributed by atoms with Gasteiger partial charge in [-0.15, -0.1) is 0 Å². The highest BCUT2D eigenvalue weighted by atomic mass is 16.5. The molecule has 0 aliphatic carbocycles. The van der Waals surface area contributed by atoms with Crippen LogP contribution in [0.15, 0.2) is 0 Å². The highest BCUT2D eigenvalue weighted by molar-refractivity contribution is 5.97. The maximum absolute atomic E-state index is 12.5. The first-order chi connectivity index (χ1) is 8.92. The number of methoxy groups -OCH3 is 1. The molecule has 0 spiro atoms. The second kappa shape index (κ2) is 6.36. The second-order valence-electron chi connectivity index (χ2n) is 4.47. The highest BCUT2D eigenvalue weighted by Crippen LogP contribution is 2.15. The standard InChI is InChI=1S/C13H21N3O3/c1-6-7-16(8-11(17)19-5)13(18)12-9(2)14-15(4)10(12)3/h6-8H2,1-5H3. The van der Waals surface area contributed by atoms with Crippen molar-refractivity contribution in [1.82, 2.24) is 14.7 Å². The summed E-state index contributed by atoms with van der Waals surface area (Å²) in [5.74, 6) is -0.587. The number of esters is 1. The predicted octanol–water partition coefficient (Wildman–Crippen LogP) is 1.06. The lowest BCUT2D eigenvalue weighted by atomic mass is 10.1. The molecule has 0 saturated carbocycles. The first kappa shape index (κ1) is 15.2. The van der Waals surface area contributed by atoms with Crippen molar-refractivity contribution in [2.24, 2.45) is 7.05 Å². The molecular formula is C13H21N3O3. The van der Waals surface area contributed by atoms with Crippen molar-refractivity contribution in [2.45, 2.75) is 27.2 Å². The number of aryl methyl sites for hydroxylation is 2. The van der Waals surface area contributed by atoms with Crippen LogP contribution in [0.3, 0.4) is 0 Å². The summed E-state index contributed by atoms with van der Waals surface area (Å²) in [5, 5.41) is 4.23. The van der Waals surface area contributed by atoms with Crippen LogP contribution < -0.4 is 0 Å². The van der Waals surface area contributed by atoms with Gasteiger partial charge in [-0.1, -0.05) is 6.92 Å². The van der Waals surface area contributed by atoms with E-state index < -0.39 is 5.97 Å². The number of rotatable bonds is 5. The van der Waals surface area contributed by atoms with E-state index in [1.54, 1.807) is 18.7 Å². The van der Waals surface area contributed by atoms with Gasteiger partial charge in [0.25, 0.3) is 5.91 Å². The van der Waals surface area contributed by atoms with Crippen LogP contribution in [0.25, 0.3) is 0 Å². The highest BCUT2D eigenvalue weighted by Gasteiger charge is 2.24. The molecule has 106 valence electrons. The average molecular weight is 267 g/mol. The van der Waals surface area contributed by atoms with Crippen molar-refractivity contribution in [3.05, 3.63) is 17.0 Å². The van der Waals surface area contributed by atoms with E-state index in [1.807, 2.05) is 13.8 Å². The maximum Gasteiger partial charge on any atom is 0.325 e. The third-order valence-corrected chi connectivity index (χ3v) is 3.05. The summed E-state index contributed by atoms with van der Waals surface area (Å²) in [6, 6.07) is 0. The number of nitrogens with zero attached hydrogens (tertiary/aromatic N) is 3. The quantitative estimate of drug-likeness (QED) is 0.748. The molecular weight excluding hydrogens is 246 g/mol. The molecule has 0 aliphatic heterocycles. The summed E-state index contributed by atoms with van der Waals surface area (Å²) >= 11 is 0. The van der Waals surface area contributed by atoms with Gasteiger partial charge in [0.05, 0.1) is 18.4 Å². The van der Waals surface area contributed by atoms with E-state index in [2.05, 4.69) is 9.84 Å². The predicted molar refractivity (Wildman–Crippen MR) is 70.9 cm³/mol. The van der Waals surface area contributed by atoms with Crippen LogP contribution in [0.1, 0.15) is 35.1 Å². The third-order valence-electron chi connectivity index (χ3n) is 3.05. The largest absolute Gasteiger partial charge is 0.468 e. The van der Waals surface area contributed by atoms with E-state index in [1.165, 1.54) is 12.0 Å². The van der Waals surface area contributed by atoms with Crippen LogP contribution in [-0.4, -0.2) is 46.8 Å². The summed E-state index contributed by atoms with van der Waals surface area (Å²) in [7, 11) is 3.11. The Balaban J connectivity index is 3.02. The van der Waals surface area contributed by atoms with E-state index in [4.69, 9.17) is 0 Å². The molecule has 0 radical (unpaired) electrons. The molecule has 6 heteroatoms. The molecule has 1 heterocycles. The Labute approximate surface area is 113 Å². The van der Waals surface area contributed by atoms with Crippen LogP contribution in [0.5, 0.6) is 0 Å². The fourth-order valence-corrected chi connectivity index (χ4v) is 1.98. The lowest BCUT2D eigenvalue weighted by Crippen LogP contribution is -2.37. The van der Waals surface area contributed by atoms with E-state index in [9.17, 15) is 9.59 Å². The fraction of sp³-hybridized carbons (Fsp3) is 0.615. The van der Waals surface area contributed by atoms with Gasteiger partial charge < -0.3 is 9.64 Å². The second-order valence-corrected chi connectivity index (χ2v) is 4.47. The molecule has 19 heavy (non-hydrogen) atoms. The van der Waals surface area contributed by atoms with Crippen LogP contribution in [0, 0.1) is 13.8 Å². The van der Waals surface area contributed by atoms with E-state index in [0.717, 1.165) is 12.1 Å². The van der Waals surface area contributed by atoms with E-state index in [0.29, 0.717) is 17.8 Å². The number of hydrogen-bond acceptors (Lipinski definition) is 4. The van der Waals surface area contributed by atoms with Crippen LogP contribution in [0.4, 0.5) is 0 Å². The minimum Gasteiger partial charge on any atom is -0.468 e. The first-order valence-electron chi connectivity index (χ1n) is 6.28. The number of carbonyl (C=O) groups excluding carboxylic acids is 2. The number of ether oxygens (including phenoxy) is 1. The summed E-state index contributed by atoms with van der Waals surface area (Å²) in [4.78, 5) is 25.4. The molecule has 6 nitrogen and oxygen atoms in total. The summed E-state index contributed by atoms with van der Waals surface area (Å²) < 4.78 is 6.30. The van der Waals surface area contributed by atoms with Gasteiger partial charge in [-0.2, -0.15) is 5.10 Å². The Morgan fingerprint density at radius 2 is 2.00 bits per heavy atom. The smallest absolute Gasteiger partial charge is 0.325 e. The molecule has 0 unspecified atom stereocenters. The van der Waals surface area contributed by atoms with Gasteiger partial charge in [-0.25, -0.2) is 0 Å². The van der Waals surface area contributed by atoms with Crippen molar-refractivity contribution in [1.29, 1.82) is 0 Å². The number of carbonyl (C=O) groups is 2. The molecule has 1 aromatic heterocycles. The van der Waals surface area contributed by atoms with Crippen LogP contribution >= 0.6 is 0 Å². The number of aromatic nitrogens is 2. The Kier molecular flexibility index (Phi) is 5.09. The van der Waals surface area contributed by atoms with Gasteiger partial charge in [0.1, 0.15) is 6.54 Å². The first-order valence-corrected chi connectivity index (χ1v) is 6.28. The Morgan fingerprint density at radius 1 is 1.37 bits per heavy atom. The van der Waals surface area contributed by atoms with Gasteiger partial charge in [-0.3, -0.25) is 14.3 Å². The van der Waals surface area contributed by atoms with Gasteiger partial charge in [0, 0.05) is 19.3 Å². The van der Waals surface area contributed by atoms with E-state index >= 15 is 0 Å². The van der Waals surface area contributed by atoms with Gasteiger partial charge in [0.2, 0.25) is 0 Å². The van der Waals surface area contributed by atoms with Crippen molar-refractivity contribution >= 4 is 11.9 Å². The topological polar surface area (TPSA) is 64.4 Å². The lowest BCUT2D eigenvalue weighted by Gasteiger charge is -2.20. The van der Waals surface area contributed by atoms with Crippen molar-refractivity contribution in [3.63, 3.8) is 0 Å². The summed E-state index contributed by atoms with van der Waals surface area (Å²) in [6.07, 6.45) is 0.779. The molecule has 0 aliphatic rings. The van der Waals surface area contributed by atoms with Crippen molar-refractivity contribution in [3.8, 4) is 0 Å². The maximum atomic E-state index is 12.5. The van der Waals surface area contributed by atoms with E-state index in [-0.39, 0.29) is 12.5 Å². The minimum atomic E-state index is -0.416. The average Bonchev–Trinajstić information content (AvgIpc) is 2.62. The molecule has 0 aromatic carbocycles. The Hall–Kier alpha value is -1.85. The SMILES string of the molecule is CCCN(CC(=O)OC)C(=O)c1c(C)nn(C)c1C. The Morgan fingerprint density at radius 3 is 2.42 bits per heavy atom. The number of hydrogen-bond donors (Lipinski definition) is 0. The summed E-state index contributed by atoms with van der Waals surface area (Å²) in [5.41, 5.74) is 2.05. The molecule has 1 rings (SSSR count). The molecule has 0 saturated heterocycles. The zero-order valence-corrected chi connectivity index (χ0v) is 12.2. The summed E-state index contributed by atoms with van der Waals surface area (Å²) in [6.45, 7) is 6.08. The Bertz CT molecular complexity index is 480. The van der Waals surface area contributed by atoms with Crippen LogP contribution in [0.2, 0.25) is 0 Å². The van der Waals surface area contributed by atoms with Gasteiger partial charge in [-0.05, 0) is 20.3 Å².